The summed E-state index contributed by atoms with van der Waals surface area (Å²) >= 11 is 0. The highest BCUT2D eigenvalue weighted by Crippen LogP contribution is 2.20. The summed E-state index contributed by atoms with van der Waals surface area (Å²) < 4.78 is 4.90. The molecular weight excluding hydrogens is 206 g/mol. The van der Waals surface area contributed by atoms with E-state index in [2.05, 4.69) is 4.90 Å². The molecular formula is C12H21NO3. The van der Waals surface area contributed by atoms with Gasteiger partial charge in [-0.3, -0.25) is 9.69 Å². The minimum Gasteiger partial charge on any atom is -0.465 e. The number of piperidine rings is 1. The number of likely N-dealkylation sites (tertiary alicyclic amines) is 1. The third kappa shape index (κ3) is 5.26. The lowest BCUT2D eigenvalue weighted by Gasteiger charge is -2.31. The van der Waals surface area contributed by atoms with E-state index < -0.39 is 0 Å². The molecule has 1 heterocycles. The van der Waals surface area contributed by atoms with Crippen LogP contribution in [-0.4, -0.2) is 42.9 Å². The molecule has 1 aliphatic rings. The molecule has 1 aliphatic heterocycles. The van der Waals surface area contributed by atoms with E-state index >= 15 is 0 Å². The van der Waals surface area contributed by atoms with Crippen molar-refractivity contribution in [1.82, 2.24) is 4.90 Å². The topological polar surface area (TPSA) is 46.6 Å². The number of nitrogens with zero attached hydrogens (tertiary/aromatic N) is 1. The normalized spacial score (nSPS) is 18.4. The van der Waals surface area contributed by atoms with E-state index in [1.54, 1.807) is 6.92 Å². The minimum absolute atomic E-state index is 0.216. The molecule has 1 fully saturated rings. The molecule has 4 heteroatoms. The lowest BCUT2D eigenvalue weighted by Crippen LogP contribution is -2.36. The maximum Gasteiger partial charge on any atom is 0.302 e. The summed E-state index contributed by atoms with van der Waals surface area (Å²) in [7, 11) is 0. The van der Waals surface area contributed by atoms with Crippen molar-refractivity contribution in [1.29, 1.82) is 0 Å². The average molecular weight is 227 g/mol. The molecule has 0 spiro atoms. The Bertz CT molecular complexity index is 245. The molecule has 0 aliphatic carbocycles. The van der Waals surface area contributed by atoms with Crippen LogP contribution in [0.25, 0.3) is 0 Å². The summed E-state index contributed by atoms with van der Waals surface area (Å²) in [6.45, 7) is 6.41. The van der Waals surface area contributed by atoms with Crippen LogP contribution in [0.5, 0.6) is 0 Å². The molecule has 0 bridgehead atoms. The Morgan fingerprint density at radius 3 is 2.38 bits per heavy atom. The van der Waals surface area contributed by atoms with Gasteiger partial charge in [0.05, 0.1) is 0 Å². The molecule has 0 unspecified atom stereocenters. The van der Waals surface area contributed by atoms with Crippen LogP contribution in [0.15, 0.2) is 0 Å². The van der Waals surface area contributed by atoms with Crippen LogP contribution in [0, 0.1) is 5.92 Å². The third-order valence-electron chi connectivity index (χ3n) is 3.00. The number of ketones is 1. The predicted molar refractivity (Wildman–Crippen MR) is 61.1 cm³/mol. The number of rotatable bonds is 5. The van der Waals surface area contributed by atoms with Gasteiger partial charge in [-0.25, -0.2) is 0 Å². The van der Waals surface area contributed by atoms with Crippen LogP contribution < -0.4 is 0 Å². The SMILES string of the molecule is CC(=O)CC1CCN(CCOC(C)=O)CC1. The van der Waals surface area contributed by atoms with Gasteiger partial charge in [0.2, 0.25) is 0 Å². The standard InChI is InChI=1S/C12H21NO3/c1-10(14)9-12-3-5-13(6-4-12)7-8-16-11(2)15/h12H,3-9H2,1-2H3. The van der Waals surface area contributed by atoms with Crippen molar-refractivity contribution in [3.8, 4) is 0 Å². The van der Waals surface area contributed by atoms with Gasteiger partial charge in [0.15, 0.2) is 0 Å². The van der Waals surface area contributed by atoms with Gasteiger partial charge >= 0.3 is 5.97 Å². The lowest BCUT2D eigenvalue weighted by molar-refractivity contribution is -0.141. The number of carbonyl (C=O) groups is 2. The highest BCUT2D eigenvalue weighted by Gasteiger charge is 2.19. The summed E-state index contributed by atoms with van der Waals surface area (Å²) in [5, 5.41) is 0. The molecule has 0 atom stereocenters. The van der Waals surface area contributed by atoms with Gasteiger partial charge in [0, 0.05) is 19.9 Å². The van der Waals surface area contributed by atoms with Crippen LogP contribution in [0.1, 0.15) is 33.1 Å². The van der Waals surface area contributed by atoms with Crippen molar-refractivity contribution >= 4 is 11.8 Å². The van der Waals surface area contributed by atoms with E-state index in [9.17, 15) is 9.59 Å². The van der Waals surface area contributed by atoms with Gasteiger partial charge in [-0.05, 0) is 38.8 Å². The number of hydrogen-bond donors (Lipinski definition) is 0. The molecule has 0 aromatic carbocycles. The Hall–Kier alpha value is -0.900. The van der Waals surface area contributed by atoms with Gasteiger partial charge in [-0.1, -0.05) is 0 Å². The fraction of sp³-hybridized carbons (Fsp3) is 0.833. The fourth-order valence-electron chi connectivity index (χ4n) is 2.14. The highest BCUT2D eigenvalue weighted by atomic mass is 16.5. The summed E-state index contributed by atoms with van der Waals surface area (Å²) in [5.41, 5.74) is 0. The number of hydrogen-bond acceptors (Lipinski definition) is 4. The molecule has 0 aromatic rings. The maximum atomic E-state index is 11.0. The summed E-state index contributed by atoms with van der Waals surface area (Å²) in [6, 6.07) is 0. The molecule has 4 nitrogen and oxygen atoms in total. The first-order valence-electron chi connectivity index (χ1n) is 5.93. The third-order valence-corrected chi connectivity index (χ3v) is 3.00. The zero-order valence-electron chi connectivity index (χ0n) is 10.2. The van der Waals surface area contributed by atoms with E-state index in [1.165, 1.54) is 6.92 Å². The smallest absolute Gasteiger partial charge is 0.302 e. The van der Waals surface area contributed by atoms with Crippen molar-refractivity contribution in [3.63, 3.8) is 0 Å². The van der Waals surface area contributed by atoms with Crippen LogP contribution in [0.4, 0.5) is 0 Å². The van der Waals surface area contributed by atoms with Crippen molar-refractivity contribution in [2.24, 2.45) is 5.92 Å². The van der Waals surface area contributed by atoms with Crippen molar-refractivity contribution in [3.05, 3.63) is 0 Å². The van der Waals surface area contributed by atoms with E-state index in [1.807, 2.05) is 0 Å². The van der Waals surface area contributed by atoms with Gasteiger partial charge < -0.3 is 9.53 Å². The van der Waals surface area contributed by atoms with Crippen LogP contribution >= 0.6 is 0 Å². The van der Waals surface area contributed by atoms with Gasteiger partial charge in [-0.2, -0.15) is 0 Å². The quantitative estimate of drug-likeness (QED) is 0.663. The molecule has 1 saturated heterocycles. The molecule has 0 N–H and O–H groups in total. The molecule has 0 saturated carbocycles. The molecule has 0 radical (unpaired) electrons. The second kappa shape index (κ2) is 6.63. The molecule has 0 aromatic heterocycles. The Morgan fingerprint density at radius 1 is 1.25 bits per heavy atom. The highest BCUT2D eigenvalue weighted by molar-refractivity contribution is 5.75. The Morgan fingerprint density at radius 2 is 1.88 bits per heavy atom. The zero-order valence-corrected chi connectivity index (χ0v) is 10.2. The molecule has 0 amide bonds. The Labute approximate surface area is 96.9 Å². The maximum absolute atomic E-state index is 11.0. The van der Waals surface area contributed by atoms with Crippen molar-refractivity contribution < 1.29 is 14.3 Å². The monoisotopic (exact) mass is 227 g/mol. The van der Waals surface area contributed by atoms with Crippen molar-refractivity contribution in [2.75, 3.05) is 26.2 Å². The lowest BCUT2D eigenvalue weighted by atomic mass is 9.92. The first-order chi connectivity index (χ1) is 7.58. The summed E-state index contributed by atoms with van der Waals surface area (Å²) in [5.74, 6) is 0.632. The minimum atomic E-state index is -0.216. The van der Waals surface area contributed by atoms with Crippen molar-refractivity contribution in [2.45, 2.75) is 33.1 Å². The first kappa shape index (κ1) is 13.2. The largest absolute Gasteiger partial charge is 0.465 e. The summed E-state index contributed by atoms with van der Waals surface area (Å²) in [4.78, 5) is 23.8. The summed E-state index contributed by atoms with van der Waals surface area (Å²) in [6.07, 6.45) is 2.89. The second-order valence-corrected chi connectivity index (χ2v) is 4.53. The number of esters is 1. The number of carbonyl (C=O) groups excluding carboxylic acids is 2. The molecule has 1 rings (SSSR count). The van der Waals surface area contributed by atoms with Gasteiger partial charge in [0.25, 0.3) is 0 Å². The molecule has 16 heavy (non-hydrogen) atoms. The average Bonchev–Trinajstić information content (AvgIpc) is 2.19. The van der Waals surface area contributed by atoms with E-state index in [4.69, 9.17) is 4.74 Å². The Balaban J connectivity index is 2.12. The van der Waals surface area contributed by atoms with Crippen LogP contribution in [0.3, 0.4) is 0 Å². The fourth-order valence-corrected chi connectivity index (χ4v) is 2.14. The van der Waals surface area contributed by atoms with Gasteiger partial charge in [-0.15, -0.1) is 0 Å². The predicted octanol–water partition coefficient (Wildman–Crippen LogP) is 1.24. The van der Waals surface area contributed by atoms with E-state index in [0.717, 1.165) is 38.9 Å². The number of ether oxygens (including phenoxy) is 1. The van der Waals surface area contributed by atoms with Crippen LogP contribution in [-0.2, 0) is 14.3 Å². The van der Waals surface area contributed by atoms with Crippen LogP contribution in [0.2, 0.25) is 0 Å². The number of Topliss-reactive ketones (excluding diaryl/α,β-unsaturated/α-hetero) is 1. The molecule has 92 valence electrons. The van der Waals surface area contributed by atoms with E-state index in [-0.39, 0.29) is 5.97 Å². The Kier molecular flexibility index (Phi) is 5.46. The zero-order chi connectivity index (χ0) is 12.0. The second-order valence-electron chi connectivity index (χ2n) is 4.53. The first-order valence-corrected chi connectivity index (χ1v) is 5.93. The van der Waals surface area contributed by atoms with Gasteiger partial charge in [0.1, 0.15) is 12.4 Å². The van der Waals surface area contributed by atoms with E-state index in [0.29, 0.717) is 18.3 Å².